The maximum absolute atomic E-state index is 13.9. The molecule has 8 heteroatoms. The Morgan fingerprint density at radius 1 is 0.863 bits per heavy atom. The van der Waals surface area contributed by atoms with E-state index in [9.17, 15) is 24.3 Å². The zero-order valence-corrected chi connectivity index (χ0v) is 33.3. The van der Waals surface area contributed by atoms with Gasteiger partial charge in [-0.1, -0.05) is 67.7 Å². The molecule has 286 valence electrons. The molecule has 0 bridgehead atoms. The van der Waals surface area contributed by atoms with Crippen molar-refractivity contribution >= 4 is 23.8 Å². The van der Waals surface area contributed by atoms with E-state index < -0.39 is 22.9 Å². The zero-order chi connectivity index (χ0) is 37.4. The quantitative estimate of drug-likeness (QED) is 0.217. The van der Waals surface area contributed by atoms with Crippen LogP contribution in [-0.2, 0) is 19.1 Å². The van der Waals surface area contributed by atoms with Gasteiger partial charge in [-0.2, -0.15) is 0 Å². The Labute approximate surface area is 307 Å². The van der Waals surface area contributed by atoms with Gasteiger partial charge in [0.1, 0.15) is 0 Å². The molecule has 8 atom stereocenters. The monoisotopic (exact) mass is 709 g/mol. The van der Waals surface area contributed by atoms with Crippen LogP contribution in [0.3, 0.4) is 0 Å². The molecule has 3 N–H and O–H groups in total. The van der Waals surface area contributed by atoms with E-state index in [1.807, 2.05) is 0 Å². The number of rotatable bonds is 8. The SMILES string of the molecule is CC(C)C1=C2C3CCC4[C@@]5(C)CC[C@H](COC(=O)CC(C)(C)C(=O)O)C(C)(C)C5CC[C@@]4(C)[C@]3(C)CC[C@@]2(NC(=O)NC2CCCCC2)CC1=O. The Bertz CT molecular complexity index is 1460. The smallest absolute Gasteiger partial charge is 0.315 e. The number of carbonyl (C=O) groups excluding carboxylic acids is 3. The molecular weight excluding hydrogens is 640 g/mol. The number of amides is 2. The number of ether oxygens (including phenoxy) is 1. The second-order valence-corrected chi connectivity index (χ2v) is 20.3. The van der Waals surface area contributed by atoms with Crippen molar-refractivity contribution in [3.63, 3.8) is 0 Å². The summed E-state index contributed by atoms with van der Waals surface area (Å²) in [5.41, 5.74) is 0.766. The molecule has 3 unspecified atom stereocenters. The summed E-state index contributed by atoms with van der Waals surface area (Å²) < 4.78 is 5.82. The average molecular weight is 709 g/mol. The number of hydrogen-bond donors (Lipinski definition) is 3. The maximum atomic E-state index is 13.9. The molecule has 8 nitrogen and oxygen atoms in total. The number of hydrogen-bond acceptors (Lipinski definition) is 5. The van der Waals surface area contributed by atoms with Crippen LogP contribution < -0.4 is 10.6 Å². The van der Waals surface area contributed by atoms with Crippen LogP contribution >= 0.6 is 0 Å². The molecule has 5 fully saturated rings. The van der Waals surface area contributed by atoms with Crippen molar-refractivity contribution in [2.45, 2.75) is 170 Å². The predicted octanol–water partition coefficient (Wildman–Crippen LogP) is 9.01. The van der Waals surface area contributed by atoms with E-state index >= 15 is 0 Å². The summed E-state index contributed by atoms with van der Waals surface area (Å²) in [5, 5.41) is 16.3. The molecule has 5 saturated carbocycles. The second-order valence-electron chi connectivity index (χ2n) is 20.3. The first-order valence-corrected chi connectivity index (χ1v) is 20.5. The number of esters is 1. The summed E-state index contributed by atoms with van der Waals surface area (Å²) in [6, 6.07) is 0.128. The molecule has 51 heavy (non-hydrogen) atoms. The molecule has 0 spiro atoms. The van der Waals surface area contributed by atoms with Crippen molar-refractivity contribution in [2.24, 2.45) is 56.7 Å². The van der Waals surface area contributed by atoms with E-state index in [0.717, 1.165) is 82.6 Å². The van der Waals surface area contributed by atoms with Gasteiger partial charge in [-0.05, 0) is 140 Å². The van der Waals surface area contributed by atoms with Gasteiger partial charge in [-0.25, -0.2) is 4.79 Å². The Kier molecular flexibility index (Phi) is 9.91. The van der Waals surface area contributed by atoms with Crippen molar-refractivity contribution < 1.29 is 29.0 Å². The fourth-order valence-electron chi connectivity index (χ4n) is 13.5. The number of fused-ring (bicyclic) bond motifs is 7. The minimum absolute atomic E-state index is 0.0164. The molecule has 0 aromatic rings. The van der Waals surface area contributed by atoms with Gasteiger partial charge in [0.2, 0.25) is 0 Å². The van der Waals surface area contributed by atoms with Crippen LogP contribution in [0.1, 0.15) is 159 Å². The lowest BCUT2D eigenvalue weighted by molar-refractivity contribution is -0.222. The molecule has 6 aliphatic carbocycles. The summed E-state index contributed by atoms with van der Waals surface area (Å²) in [6.07, 6.45) is 14.2. The van der Waals surface area contributed by atoms with E-state index in [-0.39, 0.29) is 63.7 Å². The van der Waals surface area contributed by atoms with E-state index in [1.165, 1.54) is 12.0 Å². The number of carboxylic acid groups (broad SMARTS) is 1. The summed E-state index contributed by atoms with van der Waals surface area (Å²) in [4.78, 5) is 52.0. The van der Waals surface area contributed by atoms with Crippen molar-refractivity contribution in [3.8, 4) is 0 Å². The third-order valence-corrected chi connectivity index (χ3v) is 16.6. The van der Waals surface area contributed by atoms with Gasteiger partial charge in [0.15, 0.2) is 5.78 Å². The van der Waals surface area contributed by atoms with Crippen LogP contribution in [0.4, 0.5) is 4.79 Å². The number of carboxylic acids is 1. The predicted molar refractivity (Wildman–Crippen MR) is 199 cm³/mol. The summed E-state index contributed by atoms with van der Waals surface area (Å²) in [6.45, 7) is 20.3. The largest absolute Gasteiger partial charge is 0.481 e. The summed E-state index contributed by atoms with van der Waals surface area (Å²) in [7, 11) is 0. The highest BCUT2D eigenvalue weighted by Crippen LogP contribution is 2.76. The summed E-state index contributed by atoms with van der Waals surface area (Å²) >= 11 is 0. The van der Waals surface area contributed by atoms with Crippen molar-refractivity contribution in [3.05, 3.63) is 11.1 Å². The maximum Gasteiger partial charge on any atom is 0.315 e. The average Bonchev–Trinajstić information content (AvgIpc) is 3.32. The van der Waals surface area contributed by atoms with Gasteiger partial charge in [0.05, 0.1) is 24.0 Å². The third kappa shape index (κ3) is 6.18. The standard InChI is InChI=1S/C43H68N2O6/c1-26(2)34-30(46)23-43(45-37(50)44-28-13-11-10-12-14-28)22-21-41(8)29(35(34)43)15-16-32-40(7)19-17-27(25-51-33(47)24-38(3,4)36(48)49)39(5,6)31(40)18-20-42(32,41)9/h26-29,31-32H,10-25H2,1-9H3,(H,48,49)(H2,44,45,50)/t27-,29?,31?,32?,40+,41-,42-,43-/m1/s1. The molecule has 0 saturated heterocycles. The van der Waals surface area contributed by atoms with Gasteiger partial charge < -0.3 is 20.5 Å². The Morgan fingerprint density at radius 3 is 2.20 bits per heavy atom. The van der Waals surface area contributed by atoms with Crippen LogP contribution in [0, 0.1) is 56.7 Å². The summed E-state index contributed by atoms with van der Waals surface area (Å²) in [5.74, 6) is 0.471. The van der Waals surface area contributed by atoms with Crippen molar-refractivity contribution in [1.82, 2.24) is 10.6 Å². The first kappa shape index (κ1) is 38.3. The zero-order valence-electron chi connectivity index (χ0n) is 33.3. The van der Waals surface area contributed by atoms with Crippen molar-refractivity contribution in [2.75, 3.05) is 6.61 Å². The number of Topliss-reactive ketones (excluding diaryl/α,β-unsaturated/α-hetero) is 1. The molecular formula is C43H68N2O6. The van der Waals surface area contributed by atoms with Crippen LogP contribution in [-0.4, -0.2) is 47.0 Å². The molecule has 6 aliphatic rings. The number of carbonyl (C=O) groups is 4. The third-order valence-electron chi connectivity index (χ3n) is 16.6. The van der Waals surface area contributed by atoms with Gasteiger partial charge in [-0.15, -0.1) is 0 Å². The highest BCUT2D eigenvalue weighted by Gasteiger charge is 2.70. The lowest BCUT2D eigenvalue weighted by Crippen LogP contribution is -2.67. The molecule has 0 aliphatic heterocycles. The molecule has 0 heterocycles. The van der Waals surface area contributed by atoms with E-state index in [4.69, 9.17) is 4.74 Å². The number of urea groups is 1. The minimum atomic E-state index is -1.14. The van der Waals surface area contributed by atoms with Crippen LogP contribution in [0.25, 0.3) is 0 Å². The van der Waals surface area contributed by atoms with Gasteiger partial charge in [-0.3, -0.25) is 14.4 Å². The van der Waals surface area contributed by atoms with Gasteiger partial charge in [0, 0.05) is 12.5 Å². The molecule has 0 radical (unpaired) electrons. The lowest BCUT2D eigenvalue weighted by Gasteiger charge is -2.72. The molecule has 2 amide bonds. The Morgan fingerprint density at radius 2 is 1.55 bits per heavy atom. The number of ketones is 1. The van der Waals surface area contributed by atoms with E-state index in [1.54, 1.807) is 13.8 Å². The topological polar surface area (TPSA) is 122 Å². The highest BCUT2D eigenvalue weighted by atomic mass is 16.5. The van der Waals surface area contributed by atoms with Crippen LogP contribution in [0.5, 0.6) is 0 Å². The first-order valence-electron chi connectivity index (χ1n) is 20.5. The fraction of sp³-hybridized carbons (Fsp3) is 0.860. The lowest BCUT2D eigenvalue weighted by atomic mass is 9.33. The molecule has 6 rings (SSSR count). The van der Waals surface area contributed by atoms with E-state index in [0.29, 0.717) is 24.9 Å². The van der Waals surface area contributed by atoms with Crippen LogP contribution in [0.2, 0.25) is 0 Å². The van der Waals surface area contributed by atoms with Gasteiger partial charge >= 0.3 is 18.0 Å². The Hall–Kier alpha value is -2.38. The normalized spacial score (nSPS) is 39.4. The molecule has 0 aromatic carbocycles. The Balaban J connectivity index is 1.24. The van der Waals surface area contributed by atoms with Crippen LogP contribution in [0.15, 0.2) is 11.1 Å². The van der Waals surface area contributed by atoms with Gasteiger partial charge in [0.25, 0.3) is 0 Å². The molecule has 0 aromatic heterocycles. The minimum Gasteiger partial charge on any atom is -0.481 e. The highest BCUT2D eigenvalue weighted by molar-refractivity contribution is 6.02. The first-order chi connectivity index (χ1) is 23.7. The van der Waals surface area contributed by atoms with E-state index in [2.05, 4.69) is 59.1 Å². The number of nitrogens with one attached hydrogen (secondary N) is 2. The fourth-order valence-corrected chi connectivity index (χ4v) is 13.5. The number of aliphatic carboxylic acids is 1. The number of allylic oxidation sites excluding steroid dienone is 1. The second kappa shape index (κ2) is 13.2. The van der Waals surface area contributed by atoms with Crippen molar-refractivity contribution in [1.29, 1.82) is 0 Å².